The third kappa shape index (κ3) is 7.34. The summed E-state index contributed by atoms with van der Waals surface area (Å²) in [5, 5.41) is 8.97. The van der Waals surface area contributed by atoms with E-state index in [1.165, 1.54) is 6.92 Å². The molecule has 0 aliphatic rings. The van der Waals surface area contributed by atoms with Gasteiger partial charge in [-0.15, -0.1) is 3.77 Å². The number of rotatable bonds is 9. The number of amides is 1. The molecule has 1 aromatic heterocycles. The van der Waals surface area contributed by atoms with Crippen molar-refractivity contribution in [2.45, 2.75) is 23.6 Å². The van der Waals surface area contributed by atoms with E-state index in [1.807, 2.05) is 31.2 Å². The van der Waals surface area contributed by atoms with Gasteiger partial charge in [-0.05, 0) is 65.5 Å². The molecule has 9 nitrogen and oxygen atoms in total. The summed E-state index contributed by atoms with van der Waals surface area (Å²) in [7, 11) is -4.59. The standard InChI is InChI=1S/C22H25BrN6O3S2/c1-15-4-10-19(11-5-15)34(31,32)29-33(3)18-8-6-17(7-9-18)27-22-26-14-20(23)21(28-22)25-13-12-24-16(2)30/h4-11,14H,12-13H2,1-3H3,(H,24,30)(H2,25,26,27,28). The monoisotopic (exact) mass is 564 g/mol. The van der Waals surface area contributed by atoms with Crippen LogP contribution in [0.3, 0.4) is 0 Å². The first-order valence-electron chi connectivity index (χ1n) is 10.2. The molecule has 2 aromatic carbocycles. The lowest BCUT2D eigenvalue weighted by molar-refractivity contribution is -0.118. The van der Waals surface area contributed by atoms with Crippen LogP contribution in [0.2, 0.25) is 0 Å². The van der Waals surface area contributed by atoms with Crippen molar-refractivity contribution in [2.75, 3.05) is 30.0 Å². The van der Waals surface area contributed by atoms with Gasteiger partial charge in [0.15, 0.2) is 0 Å². The lowest BCUT2D eigenvalue weighted by atomic mass is 10.2. The van der Waals surface area contributed by atoms with E-state index in [9.17, 15) is 13.2 Å². The second-order valence-electron chi connectivity index (χ2n) is 7.29. The maximum Gasteiger partial charge on any atom is 0.288 e. The summed E-state index contributed by atoms with van der Waals surface area (Å²) in [4.78, 5) is 20.6. The van der Waals surface area contributed by atoms with E-state index in [0.717, 1.165) is 16.1 Å². The molecule has 0 fully saturated rings. The molecule has 0 saturated heterocycles. The minimum atomic E-state index is -3.74. The summed E-state index contributed by atoms with van der Waals surface area (Å²) in [5.74, 6) is 0.889. The molecular formula is C22H25BrN6O3S2. The van der Waals surface area contributed by atoms with Gasteiger partial charge in [0.1, 0.15) is 5.82 Å². The summed E-state index contributed by atoms with van der Waals surface area (Å²) in [6.07, 6.45) is 3.40. The lowest BCUT2D eigenvalue weighted by Crippen LogP contribution is -2.26. The highest BCUT2D eigenvalue weighted by molar-refractivity contribution is 9.10. The number of carbonyl (C=O) groups excluding carboxylic acids is 1. The van der Waals surface area contributed by atoms with Crippen molar-refractivity contribution in [1.29, 1.82) is 0 Å². The summed E-state index contributed by atoms with van der Waals surface area (Å²) < 4.78 is 30.0. The Morgan fingerprint density at radius 1 is 1.09 bits per heavy atom. The molecule has 1 heterocycles. The van der Waals surface area contributed by atoms with Crippen LogP contribution in [0, 0.1) is 6.92 Å². The van der Waals surface area contributed by atoms with Crippen LogP contribution in [0.5, 0.6) is 0 Å². The van der Waals surface area contributed by atoms with E-state index in [0.29, 0.717) is 29.3 Å². The Hall–Kier alpha value is -2.83. The fourth-order valence-corrected chi connectivity index (χ4v) is 5.99. The zero-order chi connectivity index (χ0) is 24.7. The molecule has 0 bridgehead atoms. The van der Waals surface area contributed by atoms with E-state index < -0.39 is 20.7 Å². The summed E-state index contributed by atoms with van der Waals surface area (Å²) in [5.41, 5.74) is 1.73. The SMILES string of the molecule is CC(=O)NCCNc1nc(Nc2ccc(S(C)=NS(=O)(=O)c3ccc(C)cc3)cc2)ncc1Br. The number of aromatic nitrogens is 2. The smallest absolute Gasteiger partial charge is 0.288 e. The number of carbonyl (C=O) groups is 1. The third-order valence-corrected chi connectivity index (χ3v) is 8.60. The largest absolute Gasteiger partial charge is 0.367 e. The van der Waals surface area contributed by atoms with Gasteiger partial charge in [0.05, 0.1) is 9.37 Å². The highest BCUT2D eigenvalue weighted by Gasteiger charge is 2.13. The van der Waals surface area contributed by atoms with E-state index >= 15 is 0 Å². The third-order valence-electron chi connectivity index (χ3n) is 4.52. The van der Waals surface area contributed by atoms with Crippen LogP contribution in [0.4, 0.5) is 17.5 Å². The molecule has 34 heavy (non-hydrogen) atoms. The predicted molar refractivity (Wildman–Crippen MR) is 139 cm³/mol. The quantitative estimate of drug-likeness (QED) is 0.335. The van der Waals surface area contributed by atoms with Gasteiger partial charge in [0.2, 0.25) is 11.9 Å². The van der Waals surface area contributed by atoms with E-state index in [-0.39, 0.29) is 10.8 Å². The normalized spacial score (nSPS) is 12.2. The Morgan fingerprint density at radius 2 is 1.76 bits per heavy atom. The first-order valence-corrected chi connectivity index (χ1v) is 14.0. The lowest BCUT2D eigenvalue weighted by Gasteiger charge is -2.11. The van der Waals surface area contributed by atoms with Gasteiger partial charge in [-0.2, -0.15) is 13.4 Å². The Bertz CT molecular complexity index is 1300. The molecule has 180 valence electrons. The van der Waals surface area contributed by atoms with Crippen LogP contribution in [-0.4, -0.2) is 43.6 Å². The molecule has 0 aliphatic carbocycles. The van der Waals surface area contributed by atoms with Crippen LogP contribution in [-0.2, 0) is 25.5 Å². The van der Waals surface area contributed by atoms with Gasteiger partial charge >= 0.3 is 0 Å². The first-order chi connectivity index (χ1) is 16.1. The number of benzene rings is 2. The average Bonchev–Trinajstić information content (AvgIpc) is 2.79. The highest BCUT2D eigenvalue weighted by Crippen LogP contribution is 2.23. The summed E-state index contributed by atoms with van der Waals surface area (Å²) in [6, 6.07) is 13.9. The number of sulfonamides is 1. The Kier molecular flexibility index (Phi) is 8.75. The molecule has 3 N–H and O–H groups in total. The molecule has 1 atom stereocenters. The Morgan fingerprint density at radius 3 is 2.41 bits per heavy atom. The molecule has 0 aliphatic heterocycles. The number of hydrogen-bond acceptors (Lipinski definition) is 7. The summed E-state index contributed by atoms with van der Waals surface area (Å²) >= 11 is 3.41. The van der Waals surface area contributed by atoms with Crippen molar-refractivity contribution in [3.63, 3.8) is 0 Å². The molecule has 3 aromatic rings. The van der Waals surface area contributed by atoms with Gasteiger partial charge in [0.25, 0.3) is 10.0 Å². The molecule has 3 rings (SSSR count). The molecule has 0 radical (unpaired) electrons. The predicted octanol–water partition coefficient (Wildman–Crippen LogP) is 4.02. The zero-order valence-corrected chi connectivity index (χ0v) is 22.1. The van der Waals surface area contributed by atoms with Crippen molar-refractivity contribution in [3.8, 4) is 0 Å². The van der Waals surface area contributed by atoms with E-state index in [2.05, 4.69) is 45.6 Å². The van der Waals surface area contributed by atoms with Gasteiger partial charge in [-0.1, -0.05) is 28.4 Å². The molecule has 12 heteroatoms. The van der Waals surface area contributed by atoms with E-state index in [1.54, 1.807) is 36.7 Å². The maximum absolute atomic E-state index is 12.6. The minimum absolute atomic E-state index is 0.0927. The molecule has 1 unspecified atom stereocenters. The second-order valence-corrected chi connectivity index (χ2v) is 11.6. The molecule has 0 saturated carbocycles. The first kappa shape index (κ1) is 25.8. The van der Waals surface area contributed by atoms with Crippen molar-refractivity contribution in [2.24, 2.45) is 3.77 Å². The van der Waals surface area contributed by atoms with Crippen LogP contribution in [0.1, 0.15) is 12.5 Å². The van der Waals surface area contributed by atoms with Crippen LogP contribution in [0.15, 0.2) is 72.8 Å². The fraction of sp³-hybridized carbons (Fsp3) is 0.227. The second kappa shape index (κ2) is 11.5. The number of nitrogens with one attached hydrogen (secondary N) is 3. The number of anilines is 3. The fourth-order valence-electron chi connectivity index (χ4n) is 2.78. The number of halogens is 1. The van der Waals surface area contributed by atoms with Crippen LogP contribution < -0.4 is 16.0 Å². The van der Waals surface area contributed by atoms with Crippen LogP contribution >= 0.6 is 15.9 Å². The minimum Gasteiger partial charge on any atom is -0.367 e. The van der Waals surface area contributed by atoms with Gasteiger partial charge < -0.3 is 16.0 Å². The molecular weight excluding hydrogens is 540 g/mol. The zero-order valence-electron chi connectivity index (χ0n) is 18.9. The Labute approximate surface area is 210 Å². The van der Waals surface area contributed by atoms with Crippen molar-refractivity contribution in [1.82, 2.24) is 15.3 Å². The van der Waals surface area contributed by atoms with Gasteiger partial charge in [-0.25, -0.2) is 4.98 Å². The van der Waals surface area contributed by atoms with E-state index in [4.69, 9.17) is 0 Å². The van der Waals surface area contributed by atoms with Gasteiger partial charge in [-0.3, -0.25) is 4.79 Å². The maximum atomic E-state index is 12.6. The average molecular weight is 566 g/mol. The number of aryl methyl sites for hydroxylation is 1. The van der Waals surface area contributed by atoms with Crippen molar-refractivity contribution < 1.29 is 13.2 Å². The summed E-state index contributed by atoms with van der Waals surface area (Å²) in [6.45, 7) is 4.35. The van der Waals surface area contributed by atoms with Crippen LogP contribution in [0.25, 0.3) is 0 Å². The van der Waals surface area contributed by atoms with Crippen molar-refractivity contribution in [3.05, 3.63) is 64.8 Å². The van der Waals surface area contributed by atoms with Gasteiger partial charge in [0, 0.05) is 36.8 Å². The molecule has 1 amide bonds. The Balaban J connectivity index is 1.68. The number of nitrogens with zero attached hydrogens (tertiary/aromatic N) is 3. The topological polar surface area (TPSA) is 125 Å². The molecule has 0 spiro atoms. The van der Waals surface area contributed by atoms with Crippen molar-refractivity contribution >= 4 is 60.0 Å². The number of hydrogen-bond donors (Lipinski definition) is 3. The highest BCUT2D eigenvalue weighted by atomic mass is 79.9.